The Balaban J connectivity index is 0.000000116. The molecule has 0 aliphatic carbocycles. The number of aromatic nitrogens is 12. The minimum absolute atomic E-state index is 0.0725. The molecule has 0 radical (unpaired) electrons. The summed E-state index contributed by atoms with van der Waals surface area (Å²) in [5, 5.41) is 45.3. The molecule has 1 N–H and O–H groups in total. The van der Waals surface area contributed by atoms with Crippen LogP contribution in [0.3, 0.4) is 0 Å². The Labute approximate surface area is 436 Å². The number of benzene rings is 4. The number of aliphatic hydroxyl groups is 1. The fourth-order valence-electron chi connectivity index (χ4n) is 9.08. The summed E-state index contributed by atoms with van der Waals surface area (Å²) in [5.41, 5.74) is 4.54. The molecule has 8 aromatic rings. The lowest BCUT2D eigenvalue weighted by atomic mass is 10.00. The third kappa shape index (κ3) is 10.8. The van der Waals surface area contributed by atoms with Crippen molar-refractivity contribution in [3.63, 3.8) is 0 Å². The van der Waals surface area contributed by atoms with Crippen molar-refractivity contribution < 1.29 is 17.7 Å². The number of aliphatic hydroxyl groups excluding tert-OH is 1. The largest absolute Gasteiger partial charge is 0.385 e. The van der Waals surface area contributed by atoms with E-state index >= 15 is 0 Å². The monoisotopic (exact) mass is 1210 g/mol. The van der Waals surface area contributed by atoms with Gasteiger partial charge in [-0.25, -0.2) is 38.7 Å². The summed E-state index contributed by atoms with van der Waals surface area (Å²) in [4.78, 5) is 16.9. The molecule has 8 atom stereocenters. The van der Waals surface area contributed by atoms with E-state index in [2.05, 4.69) is 140 Å². The van der Waals surface area contributed by atoms with Crippen LogP contribution in [0.2, 0.25) is 0 Å². The van der Waals surface area contributed by atoms with E-state index in [4.69, 9.17) is 14.7 Å². The number of hydrogen-bond donors (Lipinski definition) is 1. The molecule has 23 heteroatoms. The first-order valence-electron chi connectivity index (χ1n) is 21.8. The van der Waals surface area contributed by atoms with Crippen LogP contribution in [0.1, 0.15) is 119 Å². The van der Waals surface area contributed by atoms with Gasteiger partial charge in [0.25, 0.3) is 10.1 Å². The minimum atomic E-state index is -3.54. The normalized spacial score (nSPS) is 22.3. The first-order chi connectivity index (χ1) is 33.8. The minimum Gasteiger partial charge on any atom is -0.385 e. The zero-order valence-corrected chi connectivity index (χ0v) is 44.0. The average molecular weight is 1220 g/mol. The van der Waals surface area contributed by atoms with Gasteiger partial charge >= 0.3 is 0 Å². The first-order valence-corrected chi connectivity index (χ1v) is 26.8. The van der Waals surface area contributed by atoms with E-state index in [0.717, 1.165) is 41.9 Å². The summed E-state index contributed by atoms with van der Waals surface area (Å²) in [6, 6.07) is 44.9. The Morgan fingerprint density at radius 2 is 0.800 bits per heavy atom. The first kappa shape index (κ1) is 49.2. The predicted octanol–water partition coefficient (Wildman–Crippen LogP) is 9.40. The van der Waals surface area contributed by atoms with E-state index in [0.29, 0.717) is 43.4 Å². The second-order valence-corrected chi connectivity index (χ2v) is 21.0. The molecule has 8 heterocycles. The smallest absolute Gasteiger partial charge is 0.265 e. The van der Waals surface area contributed by atoms with Crippen molar-refractivity contribution >= 4 is 73.8 Å². The van der Waals surface area contributed by atoms with Gasteiger partial charge in [-0.05, 0) is 98.8 Å². The number of fused-ring (bicyclic) bond motifs is 4. The highest BCUT2D eigenvalue weighted by Gasteiger charge is 2.39. The quantitative estimate of drug-likeness (QED) is 0.153. The Kier molecular flexibility index (Phi) is 15.0. The second kappa shape index (κ2) is 21.3. The van der Waals surface area contributed by atoms with Gasteiger partial charge in [-0.1, -0.05) is 121 Å². The van der Waals surface area contributed by atoms with Crippen LogP contribution in [0.25, 0.3) is 0 Å². The van der Waals surface area contributed by atoms with Crippen molar-refractivity contribution in [1.29, 1.82) is 10.5 Å². The molecule has 70 heavy (non-hydrogen) atoms. The lowest BCUT2D eigenvalue weighted by Crippen LogP contribution is -2.09. The lowest BCUT2D eigenvalue weighted by molar-refractivity contribution is 0.172. The van der Waals surface area contributed by atoms with Crippen LogP contribution in [-0.2, 0) is 14.3 Å². The van der Waals surface area contributed by atoms with Gasteiger partial charge in [0.1, 0.15) is 35.7 Å². The summed E-state index contributed by atoms with van der Waals surface area (Å²) in [5.74, 6) is 2.34. The number of hydrogen-bond acceptors (Lipinski definition) is 14. The van der Waals surface area contributed by atoms with E-state index in [1.807, 2.05) is 106 Å². The molecule has 4 aromatic carbocycles. The summed E-state index contributed by atoms with van der Waals surface area (Å²) < 4.78 is 37.1. The second-order valence-electron chi connectivity index (χ2n) is 16.6. The van der Waals surface area contributed by atoms with E-state index in [1.165, 1.54) is 11.1 Å². The Bertz CT molecular complexity index is 3180. The van der Waals surface area contributed by atoms with Gasteiger partial charge in [-0.3, -0.25) is 4.18 Å². The van der Waals surface area contributed by atoms with Crippen LogP contribution in [0, 0.1) is 22.7 Å². The van der Waals surface area contributed by atoms with Gasteiger partial charge in [0.05, 0.1) is 42.6 Å². The van der Waals surface area contributed by atoms with Crippen LogP contribution in [0.4, 0.5) is 0 Å². The maximum atomic E-state index is 11.4. The summed E-state index contributed by atoms with van der Waals surface area (Å²) in [7, 11) is -3.54. The lowest BCUT2D eigenvalue weighted by Gasteiger charge is -2.12. The maximum Gasteiger partial charge on any atom is 0.265 e. The number of nitriles is 2. The maximum absolute atomic E-state index is 11.4. The summed E-state index contributed by atoms with van der Waals surface area (Å²) >= 11 is 13.0. The molecular weight excluding hydrogens is 1180 g/mol. The molecule has 4 aliphatic rings. The molecule has 0 bridgehead atoms. The molecule has 356 valence electrons. The Hall–Kier alpha value is -5.79. The third-order valence-corrected chi connectivity index (χ3v) is 14.0. The Morgan fingerprint density at radius 3 is 1.16 bits per heavy atom. The number of nitrogens with zero attached hydrogens (tertiary/aromatic N) is 14. The van der Waals surface area contributed by atoms with Crippen molar-refractivity contribution in [1.82, 2.24) is 59.1 Å². The fraction of sp³-hybridized carbons (Fsp3) is 0.277. The van der Waals surface area contributed by atoms with E-state index in [-0.39, 0.29) is 36.0 Å². The van der Waals surface area contributed by atoms with Crippen LogP contribution in [0.15, 0.2) is 140 Å². The van der Waals surface area contributed by atoms with Crippen LogP contribution < -0.4 is 0 Å². The molecule has 0 amide bonds. The van der Waals surface area contributed by atoms with Crippen molar-refractivity contribution in [2.45, 2.75) is 73.9 Å². The SMILES string of the molecule is CS(=O)(=O)O[C@@H]1C[C@@H](c2ccccc2)n2nc(Br)nc21.N#C[C@H]1C[C@@H](c2ccccc2)n2nc(Br)nc21.N#C[C@H]1C[C@@H](c2ccccc2)n2nc(Br)nc21.O[C@@H]1C[C@@H](c2ccccc2)n2nc(Br)nc21. The molecule has 0 fully saturated rings. The highest BCUT2D eigenvalue weighted by Crippen LogP contribution is 2.42. The van der Waals surface area contributed by atoms with Gasteiger partial charge in [-0.15, -0.1) is 20.4 Å². The van der Waals surface area contributed by atoms with Gasteiger partial charge in [0.15, 0.2) is 11.6 Å². The Morgan fingerprint density at radius 1 is 0.500 bits per heavy atom. The molecule has 18 nitrogen and oxygen atoms in total. The number of rotatable bonds is 6. The molecule has 4 aliphatic heterocycles. The highest BCUT2D eigenvalue weighted by atomic mass is 79.9. The topological polar surface area (TPSA) is 234 Å². The standard InChI is InChI=1S/2C12H9BrN4.C12H12BrN3O3S.C11H10BrN3O/c2*13-12-15-11-9(7-14)6-10(17(11)16-12)8-4-2-1-3-5-8;1-20(17,18)19-10-7-9(8-5-3-2-4-6-8)16-11(10)14-12(13)15-16;12-11-13-10-9(16)6-8(15(10)14-11)7-4-2-1-3-5-7/h2*1-5,9-10H,6H2;2-6,9-10H,7H2,1H3;1-5,8-9,16H,6H2/t3*9-,10+;8-,9+/m1100/s1. The fourth-order valence-corrected chi connectivity index (χ4v) is 11.1. The average Bonchev–Trinajstić information content (AvgIpc) is 4.25. The predicted molar refractivity (Wildman–Crippen MR) is 268 cm³/mol. The molecule has 12 rings (SSSR count). The molecule has 0 saturated heterocycles. The van der Waals surface area contributed by atoms with E-state index in [9.17, 15) is 13.5 Å². The summed E-state index contributed by atoms with van der Waals surface area (Å²) in [6.45, 7) is 0. The zero-order valence-electron chi connectivity index (χ0n) is 36.8. The van der Waals surface area contributed by atoms with Crippen LogP contribution in [-0.4, -0.2) is 78.8 Å². The van der Waals surface area contributed by atoms with Gasteiger partial charge in [-0.2, -0.15) is 18.9 Å². The van der Waals surface area contributed by atoms with Crippen molar-refractivity contribution in [3.8, 4) is 12.1 Å². The third-order valence-electron chi connectivity index (χ3n) is 12.1. The van der Waals surface area contributed by atoms with Crippen LogP contribution >= 0.6 is 63.7 Å². The van der Waals surface area contributed by atoms with Crippen molar-refractivity contribution in [2.75, 3.05) is 6.26 Å². The zero-order chi connectivity index (χ0) is 49.1. The highest BCUT2D eigenvalue weighted by molar-refractivity contribution is 9.11. The summed E-state index contributed by atoms with van der Waals surface area (Å²) in [6.07, 6.45) is 2.56. The molecule has 0 spiro atoms. The van der Waals surface area contributed by atoms with E-state index < -0.39 is 22.3 Å². The molecule has 0 unspecified atom stereocenters. The van der Waals surface area contributed by atoms with Crippen molar-refractivity contribution in [2.24, 2.45) is 0 Å². The van der Waals surface area contributed by atoms with Gasteiger partial charge in [0.2, 0.25) is 18.9 Å². The molecule has 0 saturated carbocycles. The van der Waals surface area contributed by atoms with Crippen molar-refractivity contribution in [3.05, 3.63) is 186 Å². The molecular formula is C47H40Br4N14O4S. The van der Waals surface area contributed by atoms with E-state index in [1.54, 1.807) is 9.36 Å². The number of halogens is 4. The molecule has 4 aromatic heterocycles. The van der Waals surface area contributed by atoms with Crippen LogP contribution in [0.5, 0.6) is 0 Å². The van der Waals surface area contributed by atoms with Gasteiger partial charge < -0.3 is 5.11 Å². The van der Waals surface area contributed by atoms with Gasteiger partial charge in [0, 0.05) is 12.8 Å².